The Labute approximate surface area is 126 Å². The van der Waals surface area contributed by atoms with Crippen molar-refractivity contribution in [3.63, 3.8) is 0 Å². The van der Waals surface area contributed by atoms with Crippen molar-refractivity contribution >= 4 is 46.2 Å². The van der Waals surface area contributed by atoms with E-state index in [9.17, 15) is 14.9 Å². The van der Waals surface area contributed by atoms with Gasteiger partial charge in [0.1, 0.15) is 0 Å². The van der Waals surface area contributed by atoms with Crippen LogP contribution in [0.25, 0.3) is 0 Å². The summed E-state index contributed by atoms with van der Waals surface area (Å²) in [5.41, 5.74) is 0.194. The van der Waals surface area contributed by atoms with Crippen molar-refractivity contribution in [2.75, 3.05) is 26.0 Å². The topological polar surface area (TPSA) is 87.5 Å². The maximum Gasteiger partial charge on any atom is 0.271 e. The summed E-state index contributed by atoms with van der Waals surface area (Å²) in [5.74, 6) is -0.153. The fourth-order valence-corrected chi connectivity index (χ4v) is 1.55. The van der Waals surface area contributed by atoms with E-state index in [1.807, 2.05) is 0 Å². The van der Waals surface area contributed by atoms with Crippen LogP contribution in [0.1, 0.15) is 0 Å². The van der Waals surface area contributed by atoms with Gasteiger partial charge in [-0.25, -0.2) is 0 Å². The Balaban J connectivity index is 2.68. The highest BCUT2D eigenvalue weighted by atomic mass is 35.5. The number of benzene rings is 1. The molecule has 1 aromatic rings. The molecule has 7 nitrogen and oxygen atoms in total. The van der Waals surface area contributed by atoms with E-state index in [0.717, 1.165) is 0 Å². The summed E-state index contributed by atoms with van der Waals surface area (Å²) in [6.45, 7) is 0.0192. The summed E-state index contributed by atoms with van der Waals surface area (Å²) in [5, 5.41) is 16.5. The van der Waals surface area contributed by atoms with Gasteiger partial charge in [0.2, 0.25) is 5.91 Å². The summed E-state index contributed by atoms with van der Waals surface area (Å²) < 4.78 is 0. The lowest BCUT2D eigenvalue weighted by molar-refractivity contribution is -0.384. The predicted octanol–water partition coefficient (Wildman–Crippen LogP) is 1.62. The van der Waals surface area contributed by atoms with Crippen molar-refractivity contribution in [1.82, 2.24) is 10.2 Å². The van der Waals surface area contributed by atoms with Gasteiger partial charge in [-0.2, -0.15) is 0 Å². The van der Waals surface area contributed by atoms with E-state index in [0.29, 0.717) is 10.7 Å². The van der Waals surface area contributed by atoms with Crippen LogP contribution in [0, 0.1) is 10.1 Å². The second-order valence-electron chi connectivity index (χ2n) is 4.02. The SMILES string of the molecule is CN(C)C(=O)CNC(=S)Nc1cc([N+](=O)[O-])ccc1Cl. The summed E-state index contributed by atoms with van der Waals surface area (Å²) in [7, 11) is 3.25. The number of halogens is 1. The molecule has 0 atom stereocenters. The van der Waals surface area contributed by atoms with Crippen molar-refractivity contribution in [1.29, 1.82) is 0 Å². The maximum absolute atomic E-state index is 11.4. The normalized spacial score (nSPS) is 9.75. The van der Waals surface area contributed by atoms with Crippen molar-refractivity contribution < 1.29 is 9.72 Å². The van der Waals surface area contributed by atoms with Crippen LogP contribution in [-0.4, -0.2) is 41.5 Å². The van der Waals surface area contributed by atoms with Gasteiger partial charge in [0, 0.05) is 26.2 Å². The number of non-ortho nitro benzene ring substituents is 1. The molecule has 1 rings (SSSR count). The quantitative estimate of drug-likeness (QED) is 0.498. The van der Waals surface area contributed by atoms with Crippen LogP contribution in [0.15, 0.2) is 18.2 Å². The van der Waals surface area contributed by atoms with Gasteiger partial charge in [0.25, 0.3) is 5.69 Å². The van der Waals surface area contributed by atoms with E-state index in [1.165, 1.54) is 23.1 Å². The summed E-state index contributed by atoms with van der Waals surface area (Å²) in [6.07, 6.45) is 0. The Bertz CT molecular complexity index is 550. The molecule has 0 aromatic heterocycles. The number of nitrogens with zero attached hydrogens (tertiary/aromatic N) is 2. The highest BCUT2D eigenvalue weighted by Crippen LogP contribution is 2.26. The largest absolute Gasteiger partial charge is 0.353 e. The minimum absolute atomic E-state index is 0.0192. The van der Waals surface area contributed by atoms with Gasteiger partial charge in [-0.05, 0) is 18.3 Å². The number of nitro groups is 1. The number of nitrogens with one attached hydrogen (secondary N) is 2. The lowest BCUT2D eigenvalue weighted by atomic mass is 10.3. The first-order valence-corrected chi connectivity index (χ1v) is 6.29. The molecule has 0 fully saturated rings. The molecule has 0 spiro atoms. The molecule has 0 bridgehead atoms. The molecule has 0 saturated carbocycles. The fourth-order valence-electron chi connectivity index (χ4n) is 1.20. The van der Waals surface area contributed by atoms with Crippen molar-refractivity contribution in [3.05, 3.63) is 33.3 Å². The number of thiocarbonyl (C=S) groups is 1. The first-order valence-electron chi connectivity index (χ1n) is 5.50. The molecular weight excluding hydrogens is 304 g/mol. The zero-order chi connectivity index (χ0) is 15.3. The van der Waals surface area contributed by atoms with Crippen LogP contribution in [-0.2, 0) is 4.79 Å². The molecule has 20 heavy (non-hydrogen) atoms. The Morgan fingerprint density at radius 2 is 2.15 bits per heavy atom. The Morgan fingerprint density at radius 3 is 2.70 bits per heavy atom. The lowest BCUT2D eigenvalue weighted by Crippen LogP contribution is -2.38. The molecule has 0 unspecified atom stereocenters. The van der Waals surface area contributed by atoms with Gasteiger partial charge in [-0.15, -0.1) is 0 Å². The molecule has 0 radical (unpaired) electrons. The van der Waals surface area contributed by atoms with E-state index in [2.05, 4.69) is 10.6 Å². The number of hydrogen-bond donors (Lipinski definition) is 2. The van der Waals surface area contributed by atoms with Crippen molar-refractivity contribution in [2.45, 2.75) is 0 Å². The number of anilines is 1. The average molecular weight is 317 g/mol. The smallest absolute Gasteiger partial charge is 0.271 e. The standard InChI is InChI=1S/C11H13ClN4O3S/c1-15(2)10(17)6-13-11(20)14-9-5-7(16(18)19)3-4-8(9)12/h3-5H,6H2,1-2H3,(H2,13,14,20). The first kappa shape index (κ1) is 16.1. The molecular formula is C11H13ClN4O3S. The van der Waals surface area contributed by atoms with E-state index in [-0.39, 0.29) is 23.3 Å². The molecule has 9 heteroatoms. The Kier molecular flexibility index (Phi) is 5.66. The fraction of sp³-hybridized carbons (Fsp3) is 0.273. The second-order valence-corrected chi connectivity index (χ2v) is 4.83. The van der Waals surface area contributed by atoms with Gasteiger partial charge in [-0.1, -0.05) is 11.6 Å². The number of hydrogen-bond acceptors (Lipinski definition) is 4. The summed E-state index contributed by atoms with van der Waals surface area (Å²) in [6, 6.07) is 3.96. The number of rotatable bonds is 4. The third kappa shape index (κ3) is 4.63. The minimum Gasteiger partial charge on any atom is -0.353 e. The van der Waals surface area contributed by atoms with Crippen molar-refractivity contribution in [2.24, 2.45) is 0 Å². The maximum atomic E-state index is 11.4. The molecule has 0 aliphatic carbocycles. The van der Waals surface area contributed by atoms with E-state index in [4.69, 9.17) is 23.8 Å². The van der Waals surface area contributed by atoms with Crippen LogP contribution in [0.2, 0.25) is 5.02 Å². The number of carbonyl (C=O) groups excluding carboxylic acids is 1. The molecule has 0 aliphatic heterocycles. The minimum atomic E-state index is -0.534. The second kappa shape index (κ2) is 7.01. The average Bonchev–Trinajstić information content (AvgIpc) is 2.38. The van der Waals surface area contributed by atoms with Gasteiger partial charge >= 0.3 is 0 Å². The van der Waals surface area contributed by atoms with E-state index < -0.39 is 4.92 Å². The number of carbonyl (C=O) groups is 1. The van der Waals surface area contributed by atoms with E-state index in [1.54, 1.807) is 14.1 Å². The summed E-state index contributed by atoms with van der Waals surface area (Å²) >= 11 is 10.9. The Morgan fingerprint density at radius 1 is 1.50 bits per heavy atom. The highest BCUT2D eigenvalue weighted by Gasteiger charge is 2.11. The monoisotopic (exact) mass is 316 g/mol. The molecule has 1 amide bonds. The van der Waals surface area contributed by atoms with Crippen LogP contribution in [0.5, 0.6) is 0 Å². The summed E-state index contributed by atoms with van der Waals surface area (Å²) in [4.78, 5) is 22.9. The predicted molar refractivity (Wildman–Crippen MR) is 81.0 cm³/mol. The molecule has 0 saturated heterocycles. The molecule has 2 N–H and O–H groups in total. The Hall–Kier alpha value is -1.93. The van der Waals surface area contributed by atoms with Gasteiger partial charge in [0.05, 0.1) is 22.2 Å². The molecule has 0 heterocycles. The van der Waals surface area contributed by atoms with Crippen LogP contribution < -0.4 is 10.6 Å². The van der Waals surface area contributed by atoms with Crippen LogP contribution >= 0.6 is 23.8 Å². The van der Waals surface area contributed by atoms with Gasteiger partial charge in [-0.3, -0.25) is 14.9 Å². The molecule has 1 aromatic carbocycles. The third-order valence-electron chi connectivity index (χ3n) is 2.31. The number of nitro benzene ring substituents is 1. The van der Waals surface area contributed by atoms with Crippen LogP contribution in [0.3, 0.4) is 0 Å². The van der Waals surface area contributed by atoms with Crippen molar-refractivity contribution in [3.8, 4) is 0 Å². The zero-order valence-corrected chi connectivity index (χ0v) is 12.4. The first-order chi connectivity index (χ1) is 9.31. The zero-order valence-electron chi connectivity index (χ0n) is 10.8. The molecule has 108 valence electrons. The number of likely N-dealkylation sites (N-methyl/N-ethyl adjacent to an activating group) is 1. The molecule has 0 aliphatic rings. The van der Waals surface area contributed by atoms with Gasteiger partial charge in [0.15, 0.2) is 5.11 Å². The van der Waals surface area contributed by atoms with Gasteiger partial charge < -0.3 is 15.5 Å². The number of amides is 1. The third-order valence-corrected chi connectivity index (χ3v) is 2.88. The van der Waals surface area contributed by atoms with Crippen LogP contribution in [0.4, 0.5) is 11.4 Å². The van der Waals surface area contributed by atoms with E-state index >= 15 is 0 Å². The highest BCUT2D eigenvalue weighted by molar-refractivity contribution is 7.80. The lowest BCUT2D eigenvalue weighted by Gasteiger charge is -2.14.